The third-order valence-corrected chi connectivity index (χ3v) is 4.53. The van der Waals surface area contributed by atoms with Crippen LogP contribution in [-0.4, -0.2) is 17.0 Å². The summed E-state index contributed by atoms with van der Waals surface area (Å²) in [4.78, 5) is 12.5. The van der Waals surface area contributed by atoms with Crippen molar-refractivity contribution >= 4 is 39.9 Å². The molecule has 2 aromatic carbocycles. The van der Waals surface area contributed by atoms with Gasteiger partial charge >= 0.3 is 0 Å². The maximum atomic E-state index is 12.5. The highest BCUT2D eigenvalue weighted by atomic mass is 35.5. The van der Waals surface area contributed by atoms with Gasteiger partial charge in [-0.25, -0.2) is 0 Å². The van der Waals surface area contributed by atoms with Crippen molar-refractivity contribution < 1.29 is 9.53 Å². The minimum absolute atomic E-state index is 0.249. The zero-order chi connectivity index (χ0) is 18.0. The van der Waals surface area contributed by atoms with Crippen LogP contribution in [0.25, 0.3) is 10.9 Å². The highest BCUT2D eigenvalue weighted by Gasteiger charge is 2.24. The van der Waals surface area contributed by atoms with E-state index in [1.165, 1.54) is 6.07 Å². The quantitative estimate of drug-likeness (QED) is 0.649. The van der Waals surface area contributed by atoms with Crippen LogP contribution in [0.5, 0.6) is 5.75 Å². The lowest BCUT2D eigenvalue weighted by molar-refractivity contribution is -0.121. The van der Waals surface area contributed by atoms with Crippen LogP contribution in [0, 0.1) is 11.3 Å². The molecular formula is C19H14Cl2N2O2. The fraction of sp³-hybridized carbons (Fsp3) is 0.158. The van der Waals surface area contributed by atoms with E-state index in [0.29, 0.717) is 21.5 Å². The molecule has 0 radical (unpaired) electrons. The Kier molecular flexibility index (Phi) is 4.98. The van der Waals surface area contributed by atoms with Gasteiger partial charge in [-0.1, -0.05) is 41.4 Å². The number of nitriles is 1. The zero-order valence-electron chi connectivity index (χ0n) is 13.4. The largest absolute Gasteiger partial charge is 0.484 e. The first-order valence-corrected chi connectivity index (χ1v) is 8.31. The summed E-state index contributed by atoms with van der Waals surface area (Å²) in [5.41, 5.74) is 1.60. The van der Waals surface area contributed by atoms with Gasteiger partial charge in [-0.05, 0) is 35.7 Å². The van der Waals surface area contributed by atoms with E-state index >= 15 is 0 Å². The number of Topliss-reactive ketones (excluding diaryl/α,β-unsaturated/α-hetero) is 1. The Hall–Kier alpha value is -2.48. The van der Waals surface area contributed by atoms with Crippen molar-refractivity contribution in [3.63, 3.8) is 0 Å². The van der Waals surface area contributed by atoms with Gasteiger partial charge in [0.25, 0.3) is 0 Å². The molecule has 0 aliphatic rings. The molecule has 25 heavy (non-hydrogen) atoms. The second-order valence-electron chi connectivity index (χ2n) is 5.58. The minimum atomic E-state index is -0.913. The van der Waals surface area contributed by atoms with Gasteiger partial charge < -0.3 is 9.30 Å². The van der Waals surface area contributed by atoms with E-state index in [2.05, 4.69) is 6.07 Å². The number of carbonyl (C=O) groups excluding carboxylic acids is 1. The number of hydrogen-bond donors (Lipinski definition) is 0. The fourth-order valence-corrected chi connectivity index (χ4v) is 3.18. The summed E-state index contributed by atoms with van der Waals surface area (Å²) in [6.45, 7) is -0.249. The van der Waals surface area contributed by atoms with Crippen LogP contribution in [0.2, 0.25) is 10.0 Å². The molecule has 3 rings (SSSR count). The predicted octanol–water partition coefficient (Wildman–Crippen LogP) is 4.74. The molecule has 0 fully saturated rings. The second-order valence-corrected chi connectivity index (χ2v) is 6.42. The van der Waals surface area contributed by atoms with E-state index in [1.807, 2.05) is 41.9 Å². The smallest absolute Gasteiger partial charge is 0.193 e. The van der Waals surface area contributed by atoms with E-state index in [9.17, 15) is 10.1 Å². The Labute approximate surface area is 155 Å². The monoisotopic (exact) mass is 372 g/mol. The molecule has 0 aliphatic carbocycles. The third kappa shape index (κ3) is 3.48. The Balaban J connectivity index is 1.81. The molecule has 1 unspecified atom stereocenters. The normalized spacial score (nSPS) is 11.9. The first-order valence-electron chi connectivity index (χ1n) is 7.56. The highest BCUT2D eigenvalue weighted by Crippen LogP contribution is 2.29. The van der Waals surface area contributed by atoms with Crippen LogP contribution in [0.1, 0.15) is 11.6 Å². The molecule has 0 spiro atoms. The SMILES string of the molecule is Cn1c(C(C#N)C(=O)COc2ccc(Cl)cc2Cl)cc2ccccc21. The van der Waals surface area contributed by atoms with E-state index in [4.69, 9.17) is 27.9 Å². The Bertz CT molecular complexity index is 989. The average molecular weight is 373 g/mol. The van der Waals surface area contributed by atoms with Crippen molar-refractivity contribution in [3.05, 3.63) is 64.3 Å². The van der Waals surface area contributed by atoms with Crippen molar-refractivity contribution in [2.45, 2.75) is 5.92 Å². The van der Waals surface area contributed by atoms with Crippen LogP contribution in [0.3, 0.4) is 0 Å². The van der Waals surface area contributed by atoms with Crippen molar-refractivity contribution in [1.82, 2.24) is 4.57 Å². The van der Waals surface area contributed by atoms with Gasteiger partial charge in [0, 0.05) is 23.3 Å². The molecule has 0 bridgehead atoms. The van der Waals surface area contributed by atoms with Crippen molar-refractivity contribution in [3.8, 4) is 11.8 Å². The number of rotatable bonds is 5. The van der Waals surface area contributed by atoms with Gasteiger partial charge in [-0.3, -0.25) is 4.79 Å². The molecule has 4 nitrogen and oxygen atoms in total. The molecule has 6 heteroatoms. The minimum Gasteiger partial charge on any atom is -0.484 e. The van der Waals surface area contributed by atoms with Gasteiger partial charge in [0.1, 0.15) is 18.3 Å². The lowest BCUT2D eigenvalue weighted by atomic mass is 10.0. The van der Waals surface area contributed by atoms with Crippen LogP contribution in [0.4, 0.5) is 0 Å². The zero-order valence-corrected chi connectivity index (χ0v) is 14.9. The maximum absolute atomic E-state index is 12.5. The van der Waals surface area contributed by atoms with Crippen molar-refractivity contribution in [1.29, 1.82) is 5.26 Å². The van der Waals surface area contributed by atoms with E-state index in [-0.39, 0.29) is 12.4 Å². The predicted molar refractivity (Wildman–Crippen MR) is 98.2 cm³/mol. The summed E-state index contributed by atoms with van der Waals surface area (Å²) in [5, 5.41) is 11.3. The Morgan fingerprint density at radius 2 is 2.00 bits per heavy atom. The number of para-hydroxylation sites is 1. The third-order valence-electron chi connectivity index (χ3n) is 4.00. The molecule has 1 heterocycles. The van der Waals surface area contributed by atoms with Gasteiger partial charge in [-0.2, -0.15) is 5.26 Å². The molecule has 0 N–H and O–H groups in total. The summed E-state index contributed by atoms with van der Waals surface area (Å²) in [7, 11) is 1.84. The number of nitrogens with zero attached hydrogens (tertiary/aromatic N) is 2. The molecule has 0 saturated heterocycles. The number of halogens is 2. The number of ketones is 1. The number of benzene rings is 2. The molecule has 1 aromatic heterocycles. The van der Waals surface area contributed by atoms with Crippen LogP contribution >= 0.6 is 23.2 Å². The van der Waals surface area contributed by atoms with Crippen molar-refractivity contribution in [2.75, 3.05) is 6.61 Å². The summed E-state index contributed by atoms with van der Waals surface area (Å²) in [6.07, 6.45) is 0. The van der Waals surface area contributed by atoms with E-state index in [1.54, 1.807) is 12.1 Å². The topological polar surface area (TPSA) is 55.0 Å². The number of carbonyl (C=O) groups is 1. The number of aromatic nitrogens is 1. The van der Waals surface area contributed by atoms with E-state index in [0.717, 1.165) is 10.9 Å². The summed E-state index contributed by atoms with van der Waals surface area (Å²) >= 11 is 11.9. The van der Waals surface area contributed by atoms with Gasteiger partial charge in [0.15, 0.2) is 5.78 Å². The molecule has 0 amide bonds. The van der Waals surface area contributed by atoms with Crippen LogP contribution < -0.4 is 4.74 Å². The first-order chi connectivity index (χ1) is 12.0. The maximum Gasteiger partial charge on any atom is 0.193 e. The second kappa shape index (κ2) is 7.18. The molecule has 126 valence electrons. The highest BCUT2D eigenvalue weighted by molar-refractivity contribution is 6.35. The number of hydrogen-bond acceptors (Lipinski definition) is 3. The molecule has 1 atom stereocenters. The van der Waals surface area contributed by atoms with Crippen LogP contribution in [-0.2, 0) is 11.8 Å². The number of ether oxygens (including phenoxy) is 1. The summed E-state index contributed by atoms with van der Waals surface area (Å²) < 4.78 is 7.33. The fourth-order valence-electron chi connectivity index (χ4n) is 2.71. The molecule has 3 aromatic rings. The lowest BCUT2D eigenvalue weighted by Crippen LogP contribution is -2.20. The summed E-state index contributed by atoms with van der Waals surface area (Å²) in [5.74, 6) is -0.893. The van der Waals surface area contributed by atoms with Gasteiger partial charge in [0.2, 0.25) is 0 Å². The number of fused-ring (bicyclic) bond motifs is 1. The Morgan fingerprint density at radius 1 is 1.24 bits per heavy atom. The molecule has 0 aliphatic heterocycles. The molecular weight excluding hydrogens is 359 g/mol. The van der Waals surface area contributed by atoms with Crippen molar-refractivity contribution in [2.24, 2.45) is 7.05 Å². The van der Waals surface area contributed by atoms with Gasteiger partial charge in [-0.15, -0.1) is 0 Å². The first kappa shape index (κ1) is 17.3. The standard InChI is InChI=1S/C19H14Cl2N2O2/c1-23-16-5-3-2-4-12(16)8-17(23)14(10-22)18(24)11-25-19-7-6-13(20)9-15(19)21/h2-9,14H,11H2,1H3. The lowest BCUT2D eigenvalue weighted by Gasteiger charge is -2.12. The number of aryl methyl sites for hydroxylation is 1. The van der Waals surface area contributed by atoms with Crippen LogP contribution in [0.15, 0.2) is 48.5 Å². The molecule has 0 saturated carbocycles. The Morgan fingerprint density at radius 3 is 2.68 bits per heavy atom. The van der Waals surface area contributed by atoms with Gasteiger partial charge in [0.05, 0.1) is 11.1 Å². The average Bonchev–Trinajstić information content (AvgIpc) is 2.92. The van der Waals surface area contributed by atoms with E-state index < -0.39 is 5.92 Å². The summed E-state index contributed by atoms with van der Waals surface area (Å²) in [6, 6.07) is 16.4.